The molecule has 1 fully saturated rings. The largest absolute Gasteiger partial charge is 0.496 e. The predicted molar refractivity (Wildman–Crippen MR) is 133 cm³/mol. The Morgan fingerprint density at radius 1 is 0.912 bits per heavy atom. The maximum absolute atomic E-state index is 13.4. The number of ketones is 1. The zero-order valence-electron chi connectivity index (χ0n) is 19.7. The number of hydrogen-bond acceptors (Lipinski definition) is 3. The van der Waals surface area contributed by atoms with E-state index in [4.69, 9.17) is 4.74 Å². The van der Waals surface area contributed by atoms with Gasteiger partial charge in [-0.3, -0.25) is 9.59 Å². The Morgan fingerprint density at radius 2 is 1.53 bits per heavy atom. The van der Waals surface area contributed by atoms with Crippen LogP contribution in [0.25, 0.3) is 0 Å². The summed E-state index contributed by atoms with van der Waals surface area (Å²) in [5.41, 5.74) is 5.32. The van der Waals surface area contributed by atoms with Crippen LogP contribution in [-0.2, 0) is 17.6 Å². The van der Waals surface area contributed by atoms with Crippen molar-refractivity contribution in [1.29, 1.82) is 0 Å². The fraction of sp³-hybridized carbons (Fsp3) is 0.333. The second kappa shape index (κ2) is 9.84. The van der Waals surface area contributed by atoms with Crippen LogP contribution in [-0.4, -0.2) is 36.8 Å². The Hall–Kier alpha value is -3.40. The highest BCUT2D eigenvalue weighted by Crippen LogP contribution is 2.38. The zero-order valence-corrected chi connectivity index (χ0v) is 19.7. The highest BCUT2D eigenvalue weighted by molar-refractivity contribution is 5.96. The number of hydrogen-bond donors (Lipinski definition) is 0. The molecule has 1 aliphatic heterocycles. The Balaban J connectivity index is 1.34. The molecule has 2 aliphatic rings. The van der Waals surface area contributed by atoms with Crippen molar-refractivity contribution in [3.05, 3.63) is 101 Å². The molecule has 0 atom stereocenters. The summed E-state index contributed by atoms with van der Waals surface area (Å²) in [6, 6.07) is 25.2. The Labute approximate surface area is 201 Å². The molecule has 0 saturated carbocycles. The van der Waals surface area contributed by atoms with Gasteiger partial charge in [0.1, 0.15) is 11.5 Å². The molecule has 0 spiro atoms. The number of amides is 1. The van der Waals surface area contributed by atoms with Gasteiger partial charge in [0.15, 0.2) is 0 Å². The maximum atomic E-state index is 13.4. The molecule has 4 nitrogen and oxygen atoms in total. The van der Waals surface area contributed by atoms with Crippen molar-refractivity contribution in [2.75, 3.05) is 20.2 Å². The summed E-state index contributed by atoms with van der Waals surface area (Å²) in [4.78, 5) is 27.4. The molecular weight excluding hydrogens is 422 g/mol. The van der Waals surface area contributed by atoms with Gasteiger partial charge in [-0.1, -0.05) is 60.7 Å². The first-order valence-corrected chi connectivity index (χ1v) is 12.2. The number of nitrogens with zero attached hydrogens (tertiary/aromatic N) is 1. The summed E-state index contributed by atoms with van der Waals surface area (Å²) in [7, 11) is 1.64. The Kier molecular flexibility index (Phi) is 6.48. The van der Waals surface area contributed by atoms with Gasteiger partial charge in [-0.05, 0) is 59.6 Å². The fourth-order valence-electron chi connectivity index (χ4n) is 5.69. The second-order valence-corrected chi connectivity index (χ2v) is 9.46. The highest BCUT2D eigenvalue weighted by atomic mass is 16.5. The number of likely N-dealkylation sites (tertiary alicyclic amines) is 1. The van der Waals surface area contributed by atoms with Crippen molar-refractivity contribution >= 4 is 11.7 Å². The van der Waals surface area contributed by atoms with E-state index in [1.165, 1.54) is 11.1 Å². The minimum Gasteiger partial charge on any atom is -0.496 e. The summed E-state index contributed by atoms with van der Waals surface area (Å²) in [5.74, 6) is 1.80. The first-order chi connectivity index (χ1) is 16.6. The average Bonchev–Trinajstić information content (AvgIpc) is 2.89. The predicted octanol–water partition coefficient (Wildman–Crippen LogP) is 5.44. The lowest BCUT2D eigenvalue weighted by atomic mass is 9.76. The number of piperidine rings is 1. The molecule has 0 N–H and O–H groups in total. The molecule has 5 rings (SSSR count). The van der Waals surface area contributed by atoms with Crippen LogP contribution in [0.2, 0.25) is 0 Å². The first-order valence-electron chi connectivity index (χ1n) is 12.2. The van der Waals surface area contributed by atoms with E-state index in [1.54, 1.807) is 7.11 Å². The van der Waals surface area contributed by atoms with E-state index in [9.17, 15) is 9.59 Å². The summed E-state index contributed by atoms with van der Waals surface area (Å²) < 4.78 is 5.59. The highest BCUT2D eigenvalue weighted by Gasteiger charge is 2.31. The van der Waals surface area contributed by atoms with Gasteiger partial charge in [0, 0.05) is 37.4 Å². The third-order valence-corrected chi connectivity index (χ3v) is 7.43. The number of rotatable bonds is 5. The monoisotopic (exact) mass is 453 g/mol. The van der Waals surface area contributed by atoms with Crippen LogP contribution < -0.4 is 4.74 Å². The zero-order chi connectivity index (χ0) is 23.5. The number of ether oxygens (including phenoxy) is 1. The van der Waals surface area contributed by atoms with Gasteiger partial charge in [-0.25, -0.2) is 0 Å². The van der Waals surface area contributed by atoms with E-state index in [0.717, 1.165) is 42.8 Å². The number of benzene rings is 3. The van der Waals surface area contributed by atoms with Crippen LogP contribution in [0.3, 0.4) is 0 Å². The van der Waals surface area contributed by atoms with Gasteiger partial charge < -0.3 is 9.64 Å². The smallest absolute Gasteiger partial charge is 0.253 e. The Morgan fingerprint density at radius 3 is 2.12 bits per heavy atom. The number of methoxy groups -OCH3 is 1. The molecular formula is C30H31NO3. The standard InChI is InChI=1S/C30H31NO3/c1-34-28-20-25(18-24-19-26(32)12-13-27(24)28)30(33)31-16-14-23(15-17-31)29(21-8-4-2-5-9-21)22-10-6-3-7-11-22/h2-11,18,20,23,29H,12-17,19H2,1H3. The van der Waals surface area contributed by atoms with Crippen LogP contribution in [0, 0.1) is 5.92 Å². The molecule has 1 heterocycles. The second-order valence-electron chi connectivity index (χ2n) is 9.46. The summed E-state index contributed by atoms with van der Waals surface area (Å²) in [6.45, 7) is 1.47. The number of Topliss-reactive ketones (excluding diaryl/α,β-unsaturated/α-hetero) is 1. The molecule has 0 unspecified atom stereocenters. The molecule has 0 radical (unpaired) electrons. The minimum absolute atomic E-state index is 0.0357. The quantitative estimate of drug-likeness (QED) is 0.517. The molecule has 0 aromatic heterocycles. The third-order valence-electron chi connectivity index (χ3n) is 7.43. The molecule has 0 bridgehead atoms. The van der Waals surface area contributed by atoms with E-state index in [2.05, 4.69) is 60.7 Å². The van der Waals surface area contributed by atoms with Gasteiger partial charge in [0.05, 0.1) is 7.11 Å². The van der Waals surface area contributed by atoms with Crippen LogP contribution in [0.1, 0.15) is 57.8 Å². The SMILES string of the molecule is COc1cc(C(=O)N2CCC(C(c3ccccc3)c3ccccc3)CC2)cc2c1CCC(=O)C2. The lowest BCUT2D eigenvalue weighted by Crippen LogP contribution is -2.40. The molecule has 1 saturated heterocycles. The first kappa shape index (κ1) is 22.4. The van der Waals surface area contributed by atoms with Gasteiger partial charge in [0.25, 0.3) is 5.91 Å². The van der Waals surface area contributed by atoms with Gasteiger partial charge in [0.2, 0.25) is 0 Å². The van der Waals surface area contributed by atoms with Crippen molar-refractivity contribution in [2.24, 2.45) is 5.92 Å². The number of carbonyl (C=O) groups is 2. The minimum atomic E-state index is 0.0357. The summed E-state index contributed by atoms with van der Waals surface area (Å²) in [5, 5.41) is 0. The summed E-state index contributed by atoms with van der Waals surface area (Å²) in [6.07, 6.45) is 3.55. The van der Waals surface area contributed by atoms with Crippen molar-refractivity contribution < 1.29 is 14.3 Å². The maximum Gasteiger partial charge on any atom is 0.253 e. The lowest BCUT2D eigenvalue weighted by Gasteiger charge is -2.37. The third kappa shape index (κ3) is 4.50. The Bertz CT molecular complexity index is 1120. The number of fused-ring (bicyclic) bond motifs is 1. The van der Waals surface area contributed by atoms with E-state index in [1.807, 2.05) is 17.0 Å². The van der Waals surface area contributed by atoms with Crippen LogP contribution in [0.15, 0.2) is 72.8 Å². The van der Waals surface area contributed by atoms with Crippen molar-refractivity contribution in [2.45, 2.75) is 38.0 Å². The van der Waals surface area contributed by atoms with Gasteiger partial charge >= 0.3 is 0 Å². The summed E-state index contributed by atoms with van der Waals surface area (Å²) >= 11 is 0. The van der Waals surface area contributed by atoms with Crippen molar-refractivity contribution in [1.82, 2.24) is 4.90 Å². The van der Waals surface area contributed by atoms with Crippen molar-refractivity contribution in [3.8, 4) is 5.75 Å². The van der Waals surface area contributed by atoms with E-state index in [-0.39, 0.29) is 11.7 Å². The molecule has 4 heteroatoms. The molecule has 174 valence electrons. The lowest BCUT2D eigenvalue weighted by molar-refractivity contribution is -0.118. The molecule has 1 amide bonds. The normalized spacial score (nSPS) is 16.4. The van der Waals surface area contributed by atoms with Crippen LogP contribution in [0.4, 0.5) is 0 Å². The van der Waals surface area contributed by atoms with E-state index in [0.29, 0.717) is 36.7 Å². The fourth-order valence-corrected chi connectivity index (χ4v) is 5.69. The van der Waals surface area contributed by atoms with E-state index < -0.39 is 0 Å². The topological polar surface area (TPSA) is 46.6 Å². The number of carbonyl (C=O) groups excluding carboxylic acids is 2. The average molecular weight is 454 g/mol. The van der Waals surface area contributed by atoms with Crippen LogP contribution in [0.5, 0.6) is 5.75 Å². The van der Waals surface area contributed by atoms with Crippen molar-refractivity contribution in [3.63, 3.8) is 0 Å². The van der Waals surface area contributed by atoms with Gasteiger partial charge in [-0.2, -0.15) is 0 Å². The molecule has 1 aliphatic carbocycles. The molecule has 3 aromatic rings. The molecule has 3 aromatic carbocycles. The van der Waals surface area contributed by atoms with Crippen LogP contribution >= 0.6 is 0 Å². The molecule has 34 heavy (non-hydrogen) atoms. The van der Waals surface area contributed by atoms with Gasteiger partial charge in [-0.15, -0.1) is 0 Å². The van der Waals surface area contributed by atoms with E-state index >= 15 is 0 Å².